The third-order valence-corrected chi connectivity index (χ3v) is 9.58. The van der Waals surface area contributed by atoms with Crippen LogP contribution in [0.5, 0.6) is 0 Å². The molecule has 3 atom stereocenters. The molecule has 3 aromatic heterocycles. The minimum Gasteiger partial charge on any atom is -0.478 e. The first-order chi connectivity index (χ1) is 22.9. The summed E-state index contributed by atoms with van der Waals surface area (Å²) in [6, 6.07) is 4.35. The zero-order valence-electron chi connectivity index (χ0n) is 25.1. The fraction of sp³-hybridized carbons (Fsp3) is 0.333. The van der Waals surface area contributed by atoms with Crippen LogP contribution in [-0.4, -0.2) is 97.2 Å². The van der Waals surface area contributed by atoms with Gasteiger partial charge < -0.3 is 35.4 Å². The normalized spacial score (nSPS) is 18.2. The fourth-order valence-electron chi connectivity index (χ4n) is 4.95. The van der Waals surface area contributed by atoms with Gasteiger partial charge in [0.05, 0.1) is 13.7 Å². The van der Waals surface area contributed by atoms with E-state index >= 15 is 0 Å². The SMILES string of the molecule is CONC(=O)OCCn1ccc2c1ccc[n+]2CC1=C(C(=O)O)N2C(=O)[C@@H](NC(=O)/C(=N\O[C@@H](C)C(=O)O)c3nc(N)sc3Cl)[C@H]2SC1. The van der Waals surface area contributed by atoms with Crippen LogP contribution in [0, 0.1) is 0 Å². The maximum absolute atomic E-state index is 13.4. The van der Waals surface area contributed by atoms with Crippen LogP contribution in [0.1, 0.15) is 12.6 Å². The van der Waals surface area contributed by atoms with Crippen molar-refractivity contribution in [3.8, 4) is 0 Å². The number of rotatable bonds is 13. The first kappa shape index (κ1) is 34.4. The van der Waals surface area contributed by atoms with Crippen LogP contribution in [0.25, 0.3) is 11.0 Å². The second-order valence-electron chi connectivity index (χ2n) is 10.2. The number of hydrogen-bond donors (Lipinski definition) is 5. The topological polar surface area (TPSA) is 241 Å². The number of fused-ring (bicyclic) bond motifs is 2. The molecule has 48 heavy (non-hydrogen) atoms. The predicted octanol–water partition coefficient (Wildman–Crippen LogP) is 0.541. The second kappa shape index (κ2) is 14.5. The number of carboxylic acid groups (broad SMARTS) is 2. The Bertz CT molecular complexity index is 1860. The number of nitrogens with zero attached hydrogens (tertiary/aromatic N) is 5. The van der Waals surface area contributed by atoms with Gasteiger partial charge in [0.25, 0.3) is 11.8 Å². The molecule has 0 aliphatic carbocycles. The number of aromatic nitrogens is 3. The van der Waals surface area contributed by atoms with E-state index < -0.39 is 53.1 Å². The Morgan fingerprint density at radius 3 is 2.73 bits per heavy atom. The van der Waals surface area contributed by atoms with Gasteiger partial charge in [0.2, 0.25) is 11.6 Å². The smallest absolute Gasteiger partial charge is 0.431 e. The number of thioether (sulfide) groups is 1. The first-order valence-electron chi connectivity index (χ1n) is 13.9. The minimum atomic E-state index is -1.43. The molecule has 1 fully saturated rings. The maximum Gasteiger partial charge on any atom is 0.431 e. The van der Waals surface area contributed by atoms with Crippen LogP contribution in [0.4, 0.5) is 9.93 Å². The summed E-state index contributed by atoms with van der Waals surface area (Å²) >= 11 is 8.27. The van der Waals surface area contributed by atoms with Crippen molar-refractivity contribution >= 4 is 86.4 Å². The van der Waals surface area contributed by atoms with Crippen molar-refractivity contribution in [1.82, 2.24) is 25.2 Å². The van der Waals surface area contributed by atoms with Gasteiger partial charge in [0.1, 0.15) is 39.3 Å². The zero-order valence-corrected chi connectivity index (χ0v) is 27.5. The summed E-state index contributed by atoms with van der Waals surface area (Å²) in [7, 11) is 1.29. The molecule has 5 heterocycles. The van der Waals surface area contributed by atoms with E-state index in [9.17, 15) is 29.1 Å². The van der Waals surface area contributed by atoms with E-state index in [-0.39, 0.29) is 39.8 Å². The Labute approximate surface area is 284 Å². The van der Waals surface area contributed by atoms with Gasteiger partial charge in [-0.05, 0) is 13.0 Å². The molecule has 6 N–H and O–H groups in total. The number of carbonyl (C=O) groups is 5. The number of anilines is 1. The molecule has 1 saturated heterocycles. The van der Waals surface area contributed by atoms with Crippen molar-refractivity contribution in [3.63, 3.8) is 0 Å². The lowest BCUT2D eigenvalue weighted by Gasteiger charge is -2.49. The number of thiazole rings is 1. The molecule has 18 nitrogen and oxygen atoms in total. The molecule has 0 spiro atoms. The van der Waals surface area contributed by atoms with E-state index in [4.69, 9.17) is 32.0 Å². The summed E-state index contributed by atoms with van der Waals surface area (Å²) in [5.74, 6) is -4.07. The van der Waals surface area contributed by atoms with Crippen LogP contribution in [0.15, 0.2) is 47.0 Å². The summed E-state index contributed by atoms with van der Waals surface area (Å²) < 4.78 is 8.74. The number of carboxylic acids is 2. The highest BCUT2D eigenvalue weighted by molar-refractivity contribution is 8.00. The standard InChI is InChI=1S/C27H27ClN8O10S2/c1-12(24(39)40)46-32-17(16-20(28)48-26(29)31-16)21(37)30-18-22(38)36-19(25(41)42)13(11-47-23(18)36)10-35-6-3-4-14-15(35)5-7-34(14)8-9-45-27(43)33-44-2/h3-7,12,18,23H,8-11H2,1-2H3,(H5-,29,30,31,33,37,39,40,41,42,43)/p+1/b32-17-/t12-,18+,23+/m0/s1. The van der Waals surface area contributed by atoms with Crippen LogP contribution in [0.2, 0.25) is 4.34 Å². The molecule has 0 unspecified atom stereocenters. The number of nitrogens with two attached hydrogens (primary N) is 1. The molecule has 2 aliphatic heterocycles. The molecule has 0 radical (unpaired) electrons. The fourth-order valence-corrected chi connectivity index (χ4v) is 7.21. The molecule has 3 aromatic rings. The summed E-state index contributed by atoms with van der Waals surface area (Å²) in [5, 5.41) is 24.8. The van der Waals surface area contributed by atoms with Gasteiger partial charge in [0.15, 0.2) is 23.6 Å². The molecule has 0 bridgehead atoms. The third kappa shape index (κ3) is 7.00. The Balaban J connectivity index is 1.33. The molecule has 3 amide bonds. The number of oxime groups is 1. The number of hydroxylamine groups is 1. The number of carbonyl (C=O) groups excluding carboxylic acids is 3. The predicted molar refractivity (Wildman–Crippen MR) is 170 cm³/mol. The number of halogens is 1. The van der Waals surface area contributed by atoms with Crippen molar-refractivity contribution in [2.45, 2.75) is 37.5 Å². The summed E-state index contributed by atoms with van der Waals surface area (Å²) in [6.45, 7) is 1.76. The highest BCUT2D eigenvalue weighted by atomic mass is 35.5. The van der Waals surface area contributed by atoms with Crippen LogP contribution >= 0.6 is 34.7 Å². The largest absolute Gasteiger partial charge is 0.478 e. The summed E-state index contributed by atoms with van der Waals surface area (Å²) in [6.07, 6.45) is 1.43. The van der Waals surface area contributed by atoms with Crippen molar-refractivity contribution in [2.75, 3.05) is 25.2 Å². The molecule has 21 heteroatoms. The molecule has 0 saturated carbocycles. The van der Waals surface area contributed by atoms with E-state index in [0.29, 0.717) is 12.1 Å². The Kier molecular flexibility index (Phi) is 10.4. The highest BCUT2D eigenvalue weighted by Gasteiger charge is 2.55. The number of nitrogens with one attached hydrogen (secondary N) is 2. The van der Waals surface area contributed by atoms with Crippen LogP contribution < -0.4 is 21.1 Å². The second-order valence-corrected chi connectivity index (χ2v) is 12.9. The quantitative estimate of drug-likeness (QED) is 0.0701. The Morgan fingerprint density at radius 2 is 2.06 bits per heavy atom. The molecular formula is C27H28ClN8O10S2+. The molecular weight excluding hydrogens is 696 g/mol. The van der Waals surface area contributed by atoms with Crippen LogP contribution in [-0.2, 0) is 46.7 Å². The van der Waals surface area contributed by atoms with Crippen molar-refractivity contribution < 1.29 is 53.2 Å². The number of nitrogen functional groups attached to an aromatic ring is 1. The number of aliphatic carboxylic acids is 2. The molecule has 0 aromatic carbocycles. The van der Waals surface area contributed by atoms with Gasteiger partial charge in [-0.1, -0.05) is 28.1 Å². The Morgan fingerprint density at radius 1 is 1.29 bits per heavy atom. The summed E-state index contributed by atoms with van der Waals surface area (Å²) in [4.78, 5) is 76.5. The molecule has 254 valence electrons. The number of ether oxygens (including phenoxy) is 1. The number of pyridine rings is 1. The van der Waals surface area contributed by atoms with Gasteiger partial charge in [-0.25, -0.2) is 19.4 Å². The molecule has 2 aliphatic rings. The van der Waals surface area contributed by atoms with Gasteiger partial charge in [-0.15, -0.1) is 11.8 Å². The minimum absolute atomic E-state index is 0.00501. The highest BCUT2D eigenvalue weighted by Crippen LogP contribution is 2.40. The number of amides is 3. The lowest BCUT2D eigenvalue weighted by Crippen LogP contribution is -2.71. The van der Waals surface area contributed by atoms with Crippen molar-refractivity contribution in [3.05, 3.63) is 51.9 Å². The maximum atomic E-state index is 13.4. The van der Waals surface area contributed by atoms with Gasteiger partial charge in [0, 0.05) is 29.7 Å². The lowest BCUT2D eigenvalue weighted by molar-refractivity contribution is -0.663. The monoisotopic (exact) mass is 723 g/mol. The van der Waals surface area contributed by atoms with Crippen LogP contribution in [0.3, 0.4) is 0 Å². The number of β-lactam (4-membered cyclic amide) rings is 1. The van der Waals surface area contributed by atoms with E-state index in [2.05, 4.69) is 25.8 Å². The van der Waals surface area contributed by atoms with Crippen molar-refractivity contribution in [2.24, 2.45) is 5.16 Å². The van der Waals surface area contributed by atoms with Crippen molar-refractivity contribution in [1.29, 1.82) is 0 Å². The average molecular weight is 724 g/mol. The first-order valence-corrected chi connectivity index (χ1v) is 16.2. The van der Waals surface area contributed by atoms with E-state index in [0.717, 1.165) is 27.3 Å². The van der Waals surface area contributed by atoms with Gasteiger partial charge >= 0.3 is 18.0 Å². The Hall–Kier alpha value is -4.92. The molecule has 5 rings (SSSR count). The lowest BCUT2D eigenvalue weighted by atomic mass is 10.0. The zero-order chi connectivity index (χ0) is 34.7. The van der Waals surface area contributed by atoms with E-state index in [1.165, 1.54) is 25.8 Å². The van der Waals surface area contributed by atoms with Gasteiger partial charge in [-0.2, -0.15) is 10.0 Å². The van der Waals surface area contributed by atoms with Gasteiger partial charge in [-0.3, -0.25) is 19.3 Å². The average Bonchev–Trinajstić information content (AvgIpc) is 3.61. The van der Waals surface area contributed by atoms with E-state index in [1.807, 2.05) is 21.3 Å². The van der Waals surface area contributed by atoms with E-state index in [1.54, 1.807) is 18.5 Å². The summed E-state index contributed by atoms with van der Waals surface area (Å²) in [5.41, 5.74) is 8.93. The third-order valence-electron chi connectivity index (χ3n) is 7.15. The number of hydrogen-bond acceptors (Lipinski definition) is 13.